The first-order chi connectivity index (χ1) is 13.0. The van der Waals surface area contributed by atoms with E-state index in [1.807, 2.05) is 24.3 Å². The average Bonchev–Trinajstić information content (AvgIpc) is 2.70. The van der Waals surface area contributed by atoms with Gasteiger partial charge in [0.1, 0.15) is 0 Å². The zero-order valence-electron chi connectivity index (χ0n) is 15.4. The van der Waals surface area contributed by atoms with Gasteiger partial charge in [-0.05, 0) is 40.6 Å². The summed E-state index contributed by atoms with van der Waals surface area (Å²) in [7, 11) is 0.877. The minimum absolute atomic E-state index is 0.0892. The van der Waals surface area contributed by atoms with Gasteiger partial charge in [0.05, 0.1) is 26.2 Å². The summed E-state index contributed by atoms with van der Waals surface area (Å²) in [5, 5.41) is 1.86. The molecule has 7 heteroatoms. The molecule has 0 bridgehead atoms. The number of hydrogen-bond acceptors (Lipinski definition) is 5. The molecule has 0 heterocycles. The Labute approximate surface area is 158 Å². The van der Waals surface area contributed by atoms with E-state index in [-0.39, 0.29) is 11.4 Å². The molecule has 0 aliphatic heterocycles. The van der Waals surface area contributed by atoms with E-state index in [1.165, 1.54) is 21.3 Å². The zero-order chi connectivity index (χ0) is 19.4. The molecule has 0 spiro atoms. The van der Waals surface area contributed by atoms with Gasteiger partial charge < -0.3 is 14.2 Å². The second kappa shape index (κ2) is 7.85. The normalized spacial score (nSPS) is 11.4. The van der Waals surface area contributed by atoms with Gasteiger partial charge >= 0.3 is 0 Å². The summed E-state index contributed by atoms with van der Waals surface area (Å²) in [6.07, 6.45) is 0. The molecule has 6 nitrogen and oxygen atoms in total. The van der Waals surface area contributed by atoms with Crippen LogP contribution in [0.25, 0.3) is 10.8 Å². The topological polar surface area (TPSA) is 73.9 Å². The minimum Gasteiger partial charge on any atom is -0.493 e. The molecule has 0 aliphatic carbocycles. The van der Waals surface area contributed by atoms with E-state index in [4.69, 9.17) is 14.2 Å². The second-order valence-electron chi connectivity index (χ2n) is 5.87. The fourth-order valence-corrected chi connectivity index (χ4v) is 3.89. The van der Waals surface area contributed by atoms with Gasteiger partial charge in [-0.25, -0.2) is 13.1 Å². The molecule has 0 aliphatic rings. The van der Waals surface area contributed by atoms with Gasteiger partial charge in [-0.1, -0.05) is 30.3 Å². The highest BCUT2D eigenvalue weighted by Gasteiger charge is 2.17. The van der Waals surface area contributed by atoms with Crippen molar-refractivity contribution < 1.29 is 22.6 Å². The van der Waals surface area contributed by atoms with Gasteiger partial charge in [-0.3, -0.25) is 0 Å². The summed E-state index contributed by atoms with van der Waals surface area (Å²) in [6.45, 7) is 0.0892. The van der Waals surface area contributed by atoms with Crippen molar-refractivity contribution in [1.29, 1.82) is 0 Å². The first kappa shape index (κ1) is 19.0. The standard InChI is InChI=1S/C20H21NO5S/c1-24-18-10-14(11-19(25-2)20(18)26-3)13-21-27(22,23)17-9-8-15-6-4-5-7-16(15)12-17/h4-12,21H,13H2,1-3H3. The highest BCUT2D eigenvalue weighted by atomic mass is 32.2. The van der Waals surface area contributed by atoms with Crippen LogP contribution in [-0.4, -0.2) is 29.7 Å². The Morgan fingerprint density at radius 1 is 0.815 bits per heavy atom. The molecular formula is C20H21NO5S. The summed E-state index contributed by atoms with van der Waals surface area (Å²) >= 11 is 0. The Kier molecular flexibility index (Phi) is 5.53. The van der Waals surface area contributed by atoms with Crippen LogP contribution in [0.5, 0.6) is 17.2 Å². The number of hydrogen-bond donors (Lipinski definition) is 1. The Morgan fingerprint density at radius 3 is 2.04 bits per heavy atom. The SMILES string of the molecule is COc1cc(CNS(=O)(=O)c2ccc3ccccc3c2)cc(OC)c1OC. The van der Waals surface area contributed by atoms with Crippen LogP contribution in [0, 0.1) is 0 Å². The quantitative estimate of drug-likeness (QED) is 0.673. The molecule has 142 valence electrons. The molecule has 0 radical (unpaired) electrons. The van der Waals surface area contributed by atoms with Crippen LogP contribution in [0.15, 0.2) is 59.5 Å². The van der Waals surface area contributed by atoms with Crippen molar-refractivity contribution in [2.45, 2.75) is 11.4 Å². The van der Waals surface area contributed by atoms with E-state index in [0.29, 0.717) is 22.8 Å². The third-order valence-electron chi connectivity index (χ3n) is 4.22. The molecule has 3 aromatic rings. The van der Waals surface area contributed by atoms with Crippen molar-refractivity contribution >= 4 is 20.8 Å². The number of methoxy groups -OCH3 is 3. The molecule has 0 saturated heterocycles. The molecular weight excluding hydrogens is 366 g/mol. The fourth-order valence-electron chi connectivity index (χ4n) is 2.83. The van der Waals surface area contributed by atoms with Gasteiger partial charge in [-0.2, -0.15) is 0 Å². The van der Waals surface area contributed by atoms with Gasteiger partial charge in [-0.15, -0.1) is 0 Å². The lowest BCUT2D eigenvalue weighted by molar-refractivity contribution is 0.323. The average molecular weight is 387 g/mol. The van der Waals surface area contributed by atoms with E-state index in [1.54, 1.807) is 30.3 Å². The van der Waals surface area contributed by atoms with Crippen molar-refractivity contribution in [3.05, 3.63) is 60.2 Å². The van der Waals surface area contributed by atoms with Crippen LogP contribution in [0.1, 0.15) is 5.56 Å². The number of rotatable bonds is 7. The largest absolute Gasteiger partial charge is 0.493 e. The highest BCUT2D eigenvalue weighted by molar-refractivity contribution is 7.89. The number of ether oxygens (including phenoxy) is 3. The maximum absolute atomic E-state index is 12.7. The number of fused-ring (bicyclic) bond motifs is 1. The first-order valence-electron chi connectivity index (χ1n) is 8.26. The van der Waals surface area contributed by atoms with Crippen LogP contribution in [-0.2, 0) is 16.6 Å². The molecule has 0 amide bonds. The van der Waals surface area contributed by atoms with Crippen LogP contribution < -0.4 is 18.9 Å². The van der Waals surface area contributed by atoms with Gasteiger partial charge in [0, 0.05) is 6.54 Å². The Bertz CT molecular complexity index is 1040. The Balaban J connectivity index is 1.86. The van der Waals surface area contributed by atoms with E-state index in [2.05, 4.69) is 4.72 Å². The lowest BCUT2D eigenvalue weighted by Gasteiger charge is -2.14. The number of sulfonamides is 1. The van der Waals surface area contributed by atoms with Crippen molar-refractivity contribution in [3.8, 4) is 17.2 Å². The third-order valence-corrected chi connectivity index (χ3v) is 5.62. The van der Waals surface area contributed by atoms with Gasteiger partial charge in [0.25, 0.3) is 0 Å². The van der Waals surface area contributed by atoms with Crippen LogP contribution in [0.2, 0.25) is 0 Å². The summed E-state index contributed by atoms with van der Waals surface area (Å²) in [5.74, 6) is 1.40. The molecule has 0 saturated carbocycles. The van der Waals surface area contributed by atoms with Crippen molar-refractivity contribution in [2.75, 3.05) is 21.3 Å². The molecule has 3 rings (SSSR count). The van der Waals surface area contributed by atoms with E-state index < -0.39 is 10.0 Å². The molecule has 3 aromatic carbocycles. The maximum atomic E-state index is 12.7. The second-order valence-corrected chi connectivity index (χ2v) is 7.63. The summed E-state index contributed by atoms with van der Waals surface area (Å²) in [5.41, 5.74) is 0.689. The molecule has 0 aromatic heterocycles. The van der Waals surface area contributed by atoms with E-state index >= 15 is 0 Å². The van der Waals surface area contributed by atoms with E-state index in [0.717, 1.165) is 10.8 Å². The van der Waals surface area contributed by atoms with Crippen LogP contribution in [0.3, 0.4) is 0 Å². The Morgan fingerprint density at radius 2 is 1.44 bits per heavy atom. The lowest BCUT2D eigenvalue weighted by Crippen LogP contribution is -2.23. The fraction of sp³-hybridized carbons (Fsp3) is 0.200. The predicted octanol–water partition coefficient (Wildman–Crippen LogP) is 3.34. The lowest BCUT2D eigenvalue weighted by atomic mass is 10.1. The predicted molar refractivity (Wildman–Crippen MR) is 104 cm³/mol. The number of nitrogens with one attached hydrogen (secondary N) is 1. The van der Waals surface area contributed by atoms with Crippen LogP contribution >= 0.6 is 0 Å². The van der Waals surface area contributed by atoms with Gasteiger partial charge in [0.15, 0.2) is 11.5 Å². The van der Waals surface area contributed by atoms with Gasteiger partial charge in [0.2, 0.25) is 15.8 Å². The van der Waals surface area contributed by atoms with E-state index in [9.17, 15) is 8.42 Å². The smallest absolute Gasteiger partial charge is 0.240 e. The highest BCUT2D eigenvalue weighted by Crippen LogP contribution is 2.38. The Hall–Kier alpha value is -2.77. The van der Waals surface area contributed by atoms with Crippen molar-refractivity contribution in [1.82, 2.24) is 4.72 Å². The maximum Gasteiger partial charge on any atom is 0.240 e. The molecule has 1 N–H and O–H groups in total. The summed E-state index contributed by atoms with van der Waals surface area (Å²) in [6, 6.07) is 16.1. The van der Waals surface area contributed by atoms with Crippen molar-refractivity contribution in [2.24, 2.45) is 0 Å². The molecule has 0 fully saturated rings. The minimum atomic E-state index is -3.67. The molecule has 0 atom stereocenters. The zero-order valence-corrected chi connectivity index (χ0v) is 16.2. The number of benzene rings is 3. The first-order valence-corrected chi connectivity index (χ1v) is 9.74. The van der Waals surface area contributed by atoms with Crippen molar-refractivity contribution in [3.63, 3.8) is 0 Å². The third kappa shape index (κ3) is 3.99. The summed E-state index contributed by atoms with van der Waals surface area (Å²) in [4.78, 5) is 0.216. The molecule has 27 heavy (non-hydrogen) atoms. The monoisotopic (exact) mass is 387 g/mol. The summed E-state index contributed by atoms with van der Waals surface area (Å²) < 4.78 is 43.9. The van der Waals surface area contributed by atoms with Crippen LogP contribution in [0.4, 0.5) is 0 Å². The molecule has 0 unspecified atom stereocenters.